The Morgan fingerprint density at radius 3 is 2.71 bits per heavy atom. The molecule has 1 aromatic rings. The van der Waals surface area contributed by atoms with Crippen molar-refractivity contribution in [1.29, 1.82) is 0 Å². The predicted molar refractivity (Wildman–Crippen MR) is 84.0 cm³/mol. The van der Waals surface area contributed by atoms with Gasteiger partial charge < -0.3 is 10.2 Å². The van der Waals surface area contributed by atoms with E-state index in [0.29, 0.717) is 13.1 Å². The van der Waals surface area contributed by atoms with E-state index in [1.807, 2.05) is 0 Å². The van der Waals surface area contributed by atoms with Crippen LogP contribution in [0.4, 0.5) is 8.78 Å². The fourth-order valence-electron chi connectivity index (χ4n) is 3.32. The highest BCUT2D eigenvalue weighted by molar-refractivity contribution is 5.88. The Kier molecular flexibility index (Phi) is 5.08. The third kappa shape index (κ3) is 3.56. The van der Waals surface area contributed by atoms with E-state index in [4.69, 9.17) is 0 Å². The summed E-state index contributed by atoms with van der Waals surface area (Å²) in [6.07, 6.45) is 2.05. The number of likely N-dealkylation sites (tertiary alicyclic amines) is 1. The van der Waals surface area contributed by atoms with E-state index in [0.717, 1.165) is 32.0 Å². The van der Waals surface area contributed by atoms with Crippen molar-refractivity contribution in [3.05, 3.63) is 35.4 Å². The second-order valence-electron chi connectivity index (χ2n) is 6.28. The Labute approximate surface area is 139 Å². The number of benzene rings is 1. The first-order valence-corrected chi connectivity index (χ1v) is 8.28. The van der Waals surface area contributed by atoms with Gasteiger partial charge in [0, 0.05) is 38.3 Å². The molecule has 130 valence electrons. The molecule has 5 nitrogen and oxygen atoms in total. The van der Waals surface area contributed by atoms with E-state index in [-0.39, 0.29) is 30.3 Å². The molecule has 3 rings (SSSR count). The van der Waals surface area contributed by atoms with Crippen molar-refractivity contribution in [2.75, 3.05) is 26.2 Å². The molecule has 0 aliphatic carbocycles. The number of carbonyl (C=O) groups excluding carboxylic acids is 2. The van der Waals surface area contributed by atoms with Gasteiger partial charge in [0.15, 0.2) is 11.6 Å². The van der Waals surface area contributed by atoms with Crippen LogP contribution in [0.5, 0.6) is 0 Å². The molecule has 24 heavy (non-hydrogen) atoms. The van der Waals surface area contributed by atoms with Crippen LogP contribution < -0.4 is 5.32 Å². The molecule has 2 amide bonds. The van der Waals surface area contributed by atoms with Crippen LogP contribution >= 0.6 is 0 Å². The van der Waals surface area contributed by atoms with Crippen LogP contribution in [-0.2, 0) is 16.1 Å². The highest BCUT2D eigenvalue weighted by atomic mass is 19.2. The number of carbonyl (C=O) groups is 2. The lowest BCUT2D eigenvalue weighted by Crippen LogP contribution is -2.56. The molecule has 0 unspecified atom stereocenters. The molecular weight excluding hydrogens is 316 g/mol. The summed E-state index contributed by atoms with van der Waals surface area (Å²) in [7, 11) is 0. The minimum Gasteiger partial charge on any atom is -0.353 e. The van der Waals surface area contributed by atoms with Gasteiger partial charge in [-0.2, -0.15) is 0 Å². The Morgan fingerprint density at radius 1 is 1.21 bits per heavy atom. The van der Waals surface area contributed by atoms with Crippen molar-refractivity contribution in [3.63, 3.8) is 0 Å². The SMILES string of the molecule is O=C1NCCN(Cc2cccc(F)c2F)[C@H]1CC(=O)N1CCCC1. The summed E-state index contributed by atoms with van der Waals surface area (Å²) in [6.45, 7) is 2.50. The quantitative estimate of drug-likeness (QED) is 0.900. The molecule has 2 aliphatic rings. The average molecular weight is 337 g/mol. The molecular formula is C17H21F2N3O2. The predicted octanol–water partition coefficient (Wildman–Crippen LogP) is 1.28. The smallest absolute Gasteiger partial charge is 0.237 e. The van der Waals surface area contributed by atoms with Gasteiger partial charge in [-0.05, 0) is 18.9 Å². The molecule has 0 radical (unpaired) electrons. The second-order valence-corrected chi connectivity index (χ2v) is 6.28. The van der Waals surface area contributed by atoms with Crippen molar-refractivity contribution in [2.45, 2.75) is 31.8 Å². The average Bonchev–Trinajstić information content (AvgIpc) is 3.09. The van der Waals surface area contributed by atoms with E-state index in [1.165, 1.54) is 12.1 Å². The number of hydrogen-bond donors (Lipinski definition) is 1. The minimum atomic E-state index is -0.904. The number of halogens is 2. The van der Waals surface area contributed by atoms with Gasteiger partial charge in [-0.25, -0.2) is 8.78 Å². The third-order valence-corrected chi connectivity index (χ3v) is 4.67. The summed E-state index contributed by atoms with van der Waals surface area (Å²) in [5.74, 6) is -2.09. The molecule has 2 saturated heterocycles. The van der Waals surface area contributed by atoms with Gasteiger partial charge in [-0.15, -0.1) is 0 Å². The number of nitrogens with zero attached hydrogens (tertiary/aromatic N) is 2. The summed E-state index contributed by atoms with van der Waals surface area (Å²) in [5.41, 5.74) is 0.198. The van der Waals surface area contributed by atoms with Gasteiger partial charge in [0.05, 0.1) is 12.5 Å². The zero-order valence-corrected chi connectivity index (χ0v) is 13.4. The molecule has 2 aliphatic heterocycles. The lowest BCUT2D eigenvalue weighted by Gasteiger charge is -2.35. The molecule has 1 N–H and O–H groups in total. The topological polar surface area (TPSA) is 52.7 Å². The summed E-state index contributed by atoms with van der Waals surface area (Å²) in [4.78, 5) is 28.1. The van der Waals surface area contributed by atoms with Crippen molar-refractivity contribution < 1.29 is 18.4 Å². The lowest BCUT2D eigenvalue weighted by atomic mass is 10.1. The molecule has 0 spiro atoms. The van der Waals surface area contributed by atoms with E-state index in [9.17, 15) is 18.4 Å². The van der Waals surface area contributed by atoms with Crippen molar-refractivity contribution >= 4 is 11.8 Å². The monoisotopic (exact) mass is 337 g/mol. The van der Waals surface area contributed by atoms with Gasteiger partial charge in [0.25, 0.3) is 0 Å². The zero-order chi connectivity index (χ0) is 17.1. The second kappa shape index (κ2) is 7.25. The molecule has 2 heterocycles. The number of rotatable bonds is 4. The molecule has 1 aromatic carbocycles. The number of amides is 2. The normalized spacial score (nSPS) is 21.8. The van der Waals surface area contributed by atoms with E-state index in [2.05, 4.69) is 5.32 Å². The van der Waals surface area contributed by atoms with Gasteiger partial charge in [-0.3, -0.25) is 14.5 Å². The van der Waals surface area contributed by atoms with Gasteiger partial charge in [0.1, 0.15) is 0 Å². The summed E-state index contributed by atoms with van der Waals surface area (Å²) in [5, 5.41) is 2.75. The van der Waals surface area contributed by atoms with Crippen LogP contribution in [0.2, 0.25) is 0 Å². The van der Waals surface area contributed by atoms with Crippen molar-refractivity contribution in [2.24, 2.45) is 0 Å². The summed E-state index contributed by atoms with van der Waals surface area (Å²) < 4.78 is 27.3. The first-order chi connectivity index (χ1) is 11.6. The Balaban J connectivity index is 1.72. The molecule has 0 saturated carbocycles. The standard InChI is InChI=1S/C17H21F2N3O2/c18-13-5-3-4-12(16(13)19)11-22-9-6-20-17(24)14(22)10-15(23)21-7-1-2-8-21/h3-5,14H,1-2,6-11H2,(H,20,24)/t14-/m0/s1. The summed E-state index contributed by atoms with van der Waals surface area (Å²) >= 11 is 0. The number of nitrogens with one attached hydrogen (secondary N) is 1. The maximum Gasteiger partial charge on any atom is 0.237 e. The third-order valence-electron chi connectivity index (χ3n) is 4.67. The van der Waals surface area contributed by atoms with Crippen LogP contribution in [0, 0.1) is 11.6 Å². The molecule has 7 heteroatoms. The number of hydrogen-bond acceptors (Lipinski definition) is 3. The largest absolute Gasteiger partial charge is 0.353 e. The van der Waals surface area contributed by atoms with Crippen LogP contribution in [0.3, 0.4) is 0 Å². The Morgan fingerprint density at radius 2 is 1.96 bits per heavy atom. The molecule has 0 bridgehead atoms. The van der Waals surface area contributed by atoms with Gasteiger partial charge >= 0.3 is 0 Å². The van der Waals surface area contributed by atoms with Gasteiger partial charge in [0.2, 0.25) is 11.8 Å². The van der Waals surface area contributed by atoms with E-state index < -0.39 is 17.7 Å². The van der Waals surface area contributed by atoms with Crippen LogP contribution in [0.1, 0.15) is 24.8 Å². The Hall–Kier alpha value is -2.02. The fourth-order valence-corrected chi connectivity index (χ4v) is 3.32. The van der Waals surface area contributed by atoms with Crippen molar-refractivity contribution in [3.8, 4) is 0 Å². The lowest BCUT2D eigenvalue weighted by molar-refractivity contribution is -0.138. The highest BCUT2D eigenvalue weighted by Crippen LogP contribution is 2.19. The van der Waals surface area contributed by atoms with Crippen LogP contribution in [0.25, 0.3) is 0 Å². The summed E-state index contributed by atoms with van der Waals surface area (Å²) in [6, 6.07) is 3.37. The first kappa shape index (κ1) is 16.8. The molecule has 0 aromatic heterocycles. The van der Waals surface area contributed by atoms with E-state index >= 15 is 0 Å². The highest BCUT2D eigenvalue weighted by Gasteiger charge is 2.33. The maximum atomic E-state index is 13.9. The Bertz CT molecular complexity index is 632. The molecule has 2 fully saturated rings. The molecule has 1 atom stereocenters. The zero-order valence-electron chi connectivity index (χ0n) is 13.4. The maximum absolute atomic E-state index is 13.9. The fraction of sp³-hybridized carbons (Fsp3) is 0.529. The van der Waals surface area contributed by atoms with Crippen LogP contribution in [-0.4, -0.2) is 53.8 Å². The van der Waals surface area contributed by atoms with Crippen molar-refractivity contribution in [1.82, 2.24) is 15.1 Å². The van der Waals surface area contributed by atoms with Gasteiger partial charge in [-0.1, -0.05) is 12.1 Å². The van der Waals surface area contributed by atoms with Crippen LogP contribution in [0.15, 0.2) is 18.2 Å². The number of piperazine rings is 1. The minimum absolute atomic E-state index is 0.0562. The first-order valence-electron chi connectivity index (χ1n) is 8.28. The van der Waals surface area contributed by atoms with E-state index in [1.54, 1.807) is 9.80 Å².